The van der Waals surface area contributed by atoms with Crippen molar-refractivity contribution >= 4 is 17.5 Å². The van der Waals surface area contributed by atoms with Crippen molar-refractivity contribution in [2.75, 3.05) is 19.7 Å². The van der Waals surface area contributed by atoms with Crippen molar-refractivity contribution in [3.8, 4) is 0 Å². The van der Waals surface area contributed by atoms with Gasteiger partial charge in [0.1, 0.15) is 0 Å². The maximum absolute atomic E-state index is 12.1. The number of carbonyl (C=O) groups excluding carboxylic acids is 1. The topological polar surface area (TPSA) is 40.5 Å². The number of hydrogen-bond acceptors (Lipinski definition) is 2. The van der Waals surface area contributed by atoms with Crippen LogP contribution < -0.4 is 0 Å². The summed E-state index contributed by atoms with van der Waals surface area (Å²) in [6.45, 7) is 1.11. The molecule has 1 aliphatic heterocycles. The van der Waals surface area contributed by atoms with E-state index in [-0.39, 0.29) is 12.5 Å². The molecule has 1 aliphatic rings. The third kappa shape index (κ3) is 2.20. The van der Waals surface area contributed by atoms with Gasteiger partial charge in [-0.2, -0.15) is 0 Å². The molecule has 0 aliphatic carbocycles. The normalized spacial score (nSPS) is 15.9. The molecule has 86 valence electrons. The zero-order chi connectivity index (χ0) is 11.5. The first-order valence-corrected chi connectivity index (χ1v) is 5.78. The minimum atomic E-state index is -0.00165. The molecule has 0 bridgehead atoms. The van der Waals surface area contributed by atoms with Crippen molar-refractivity contribution in [1.29, 1.82) is 0 Å². The molecule has 1 heterocycles. The molecule has 2 rings (SSSR count). The van der Waals surface area contributed by atoms with Gasteiger partial charge >= 0.3 is 0 Å². The van der Waals surface area contributed by atoms with Crippen LogP contribution in [0.2, 0.25) is 5.02 Å². The standard InChI is InChI=1S/C12H14ClNO2/c13-10-3-4-11-9(8-10)2-1-5-14(6-7-15)12(11)16/h3-4,8,15H,1-2,5-7H2. The largest absolute Gasteiger partial charge is 0.395 e. The lowest BCUT2D eigenvalue weighted by molar-refractivity contribution is 0.0727. The molecule has 0 saturated carbocycles. The van der Waals surface area contributed by atoms with E-state index >= 15 is 0 Å². The number of nitrogens with zero attached hydrogens (tertiary/aromatic N) is 1. The Morgan fingerprint density at radius 1 is 1.44 bits per heavy atom. The summed E-state index contributed by atoms with van der Waals surface area (Å²) >= 11 is 5.91. The SMILES string of the molecule is O=C1c2ccc(Cl)cc2CCCN1CCO. The lowest BCUT2D eigenvalue weighted by Crippen LogP contribution is -2.33. The minimum absolute atomic E-state index is 0.00165. The fourth-order valence-electron chi connectivity index (χ4n) is 2.04. The molecule has 0 fully saturated rings. The van der Waals surface area contributed by atoms with E-state index in [0.29, 0.717) is 18.1 Å². The van der Waals surface area contributed by atoms with Crippen molar-refractivity contribution < 1.29 is 9.90 Å². The molecule has 0 saturated heterocycles. The van der Waals surface area contributed by atoms with Crippen LogP contribution in [0.15, 0.2) is 18.2 Å². The van der Waals surface area contributed by atoms with Crippen LogP contribution in [-0.4, -0.2) is 35.6 Å². The molecule has 3 nitrogen and oxygen atoms in total. The second-order valence-electron chi connectivity index (χ2n) is 3.92. The monoisotopic (exact) mass is 239 g/mol. The number of benzene rings is 1. The number of β-amino-alcohol motifs (C(OH)–C–C–N with tert-alkyl or cyclic N) is 1. The van der Waals surface area contributed by atoms with Crippen molar-refractivity contribution in [1.82, 2.24) is 4.90 Å². The molecule has 0 atom stereocenters. The maximum atomic E-state index is 12.1. The first kappa shape index (κ1) is 11.4. The highest BCUT2D eigenvalue weighted by atomic mass is 35.5. The number of amides is 1. The first-order chi connectivity index (χ1) is 7.72. The molecule has 1 N–H and O–H groups in total. The minimum Gasteiger partial charge on any atom is -0.395 e. The molecule has 4 heteroatoms. The number of rotatable bonds is 2. The molecule has 16 heavy (non-hydrogen) atoms. The fourth-order valence-corrected chi connectivity index (χ4v) is 2.24. The first-order valence-electron chi connectivity index (χ1n) is 5.41. The van der Waals surface area contributed by atoms with E-state index < -0.39 is 0 Å². The zero-order valence-electron chi connectivity index (χ0n) is 8.95. The second kappa shape index (κ2) is 4.85. The van der Waals surface area contributed by atoms with Gasteiger partial charge in [0.25, 0.3) is 5.91 Å². The van der Waals surface area contributed by atoms with E-state index in [0.717, 1.165) is 24.0 Å². The Morgan fingerprint density at radius 2 is 2.25 bits per heavy atom. The van der Waals surface area contributed by atoms with Gasteiger partial charge in [-0.15, -0.1) is 0 Å². The molecule has 1 aromatic rings. The Balaban J connectivity index is 2.33. The van der Waals surface area contributed by atoms with Crippen LogP contribution in [0.4, 0.5) is 0 Å². The van der Waals surface area contributed by atoms with Gasteiger partial charge in [0.15, 0.2) is 0 Å². The number of hydrogen-bond donors (Lipinski definition) is 1. The Kier molecular flexibility index (Phi) is 3.46. The number of carbonyl (C=O) groups is 1. The zero-order valence-corrected chi connectivity index (χ0v) is 9.70. The Bertz CT molecular complexity index is 406. The van der Waals surface area contributed by atoms with Crippen LogP contribution in [-0.2, 0) is 6.42 Å². The van der Waals surface area contributed by atoms with Gasteiger partial charge in [0.05, 0.1) is 6.61 Å². The van der Waals surface area contributed by atoms with Crippen LogP contribution in [0.5, 0.6) is 0 Å². The number of aliphatic hydroxyl groups excluding tert-OH is 1. The van der Waals surface area contributed by atoms with Crippen LogP contribution in [0.1, 0.15) is 22.3 Å². The average Bonchev–Trinajstić information content (AvgIpc) is 2.40. The van der Waals surface area contributed by atoms with E-state index in [4.69, 9.17) is 16.7 Å². The predicted octanol–water partition coefficient (Wildman–Crippen LogP) is 1.72. The van der Waals surface area contributed by atoms with Gasteiger partial charge in [-0.25, -0.2) is 0 Å². The smallest absolute Gasteiger partial charge is 0.254 e. The van der Waals surface area contributed by atoms with E-state index in [1.807, 2.05) is 6.07 Å². The van der Waals surface area contributed by atoms with Gasteiger partial charge < -0.3 is 10.0 Å². The lowest BCUT2D eigenvalue weighted by Gasteiger charge is -2.19. The molecule has 1 amide bonds. The summed E-state index contributed by atoms with van der Waals surface area (Å²) in [6, 6.07) is 5.37. The Hall–Kier alpha value is -1.06. The predicted molar refractivity (Wildman–Crippen MR) is 62.8 cm³/mol. The summed E-state index contributed by atoms with van der Waals surface area (Å²) in [4.78, 5) is 13.8. The average molecular weight is 240 g/mol. The summed E-state index contributed by atoms with van der Waals surface area (Å²) in [7, 11) is 0. The van der Waals surface area contributed by atoms with Crippen molar-refractivity contribution in [2.24, 2.45) is 0 Å². The molecule has 0 unspecified atom stereocenters. The highest BCUT2D eigenvalue weighted by Crippen LogP contribution is 2.22. The fraction of sp³-hybridized carbons (Fsp3) is 0.417. The molecular formula is C12H14ClNO2. The van der Waals surface area contributed by atoms with Gasteiger partial charge in [-0.3, -0.25) is 4.79 Å². The van der Waals surface area contributed by atoms with Crippen LogP contribution in [0.25, 0.3) is 0 Å². The molecular weight excluding hydrogens is 226 g/mol. The number of aliphatic hydroxyl groups is 1. The van der Waals surface area contributed by atoms with Gasteiger partial charge in [0, 0.05) is 23.7 Å². The Morgan fingerprint density at radius 3 is 3.00 bits per heavy atom. The molecule has 0 aromatic heterocycles. The summed E-state index contributed by atoms with van der Waals surface area (Å²) < 4.78 is 0. The van der Waals surface area contributed by atoms with Gasteiger partial charge in [-0.1, -0.05) is 11.6 Å². The quantitative estimate of drug-likeness (QED) is 0.854. The third-order valence-electron chi connectivity index (χ3n) is 2.83. The summed E-state index contributed by atoms with van der Waals surface area (Å²) in [5.41, 5.74) is 1.73. The number of halogens is 1. The van der Waals surface area contributed by atoms with E-state index in [9.17, 15) is 4.79 Å². The van der Waals surface area contributed by atoms with Crippen molar-refractivity contribution in [3.05, 3.63) is 34.3 Å². The molecule has 0 radical (unpaired) electrons. The highest BCUT2D eigenvalue weighted by Gasteiger charge is 2.21. The third-order valence-corrected chi connectivity index (χ3v) is 3.06. The lowest BCUT2D eigenvalue weighted by atomic mass is 10.0. The second-order valence-corrected chi connectivity index (χ2v) is 4.36. The van der Waals surface area contributed by atoms with Gasteiger partial charge in [0.2, 0.25) is 0 Å². The molecule has 1 aromatic carbocycles. The van der Waals surface area contributed by atoms with Crippen LogP contribution >= 0.6 is 11.6 Å². The van der Waals surface area contributed by atoms with E-state index in [1.165, 1.54) is 0 Å². The van der Waals surface area contributed by atoms with Crippen LogP contribution in [0.3, 0.4) is 0 Å². The number of fused-ring (bicyclic) bond motifs is 1. The van der Waals surface area contributed by atoms with Crippen molar-refractivity contribution in [3.63, 3.8) is 0 Å². The van der Waals surface area contributed by atoms with Crippen molar-refractivity contribution in [2.45, 2.75) is 12.8 Å². The van der Waals surface area contributed by atoms with Crippen LogP contribution in [0, 0.1) is 0 Å². The van der Waals surface area contributed by atoms with Gasteiger partial charge in [-0.05, 0) is 36.6 Å². The maximum Gasteiger partial charge on any atom is 0.254 e. The Labute approximate surface area is 99.6 Å². The number of aryl methyl sites for hydroxylation is 1. The molecule has 0 spiro atoms. The van der Waals surface area contributed by atoms with E-state index in [2.05, 4.69) is 0 Å². The highest BCUT2D eigenvalue weighted by molar-refractivity contribution is 6.30. The summed E-state index contributed by atoms with van der Waals surface area (Å²) in [6.07, 6.45) is 1.78. The summed E-state index contributed by atoms with van der Waals surface area (Å²) in [5.74, 6) is -0.00165. The van der Waals surface area contributed by atoms with E-state index in [1.54, 1.807) is 17.0 Å². The summed E-state index contributed by atoms with van der Waals surface area (Å²) in [5, 5.41) is 9.57.